The predicted octanol–water partition coefficient (Wildman–Crippen LogP) is 4.27. The summed E-state index contributed by atoms with van der Waals surface area (Å²) in [6.45, 7) is 1.84. The molecule has 2 aromatic carbocycles. The van der Waals surface area contributed by atoms with E-state index < -0.39 is 10.1 Å². The molecule has 2 saturated heterocycles. The van der Waals surface area contributed by atoms with Crippen molar-refractivity contribution in [2.75, 3.05) is 14.2 Å². The molecule has 2 bridgehead atoms. The number of piperidine rings is 1. The van der Waals surface area contributed by atoms with Crippen LogP contribution in [-0.4, -0.2) is 50.1 Å². The molecule has 2 fully saturated rings. The normalized spacial score (nSPS) is 25.5. The van der Waals surface area contributed by atoms with E-state index in [9.17, 15) is 13.2 Å². The minimum atomic E-state index is -4.02. The minimum Gasteiger partial charge on any atom is -0.469 e. The van der Waals surface area contributed by atoms with Crippen LogP contribution in [0.2, 0.25) is 0 Å². The molecule has 0 saturated carbocycles. The van der Waals surface area contributed by atoms with Gasteiger partial charge in [0.05, 0.1) is 17.9 Å². The van der Waals surface area contributed by atoms with Gasteiger partial charge in [0.2, 0.25) is 0 Å². The monoisotopic (exact) mass is 557 g/mol. The van der Waals surface area contributed by atoms with Gasteiger partial charge in [0, 0.05) is 21.6 Å². The van der Waals surface area contributed by atoms with Crippen molar-refractivity contribution in [3.8, 4) is 0 Å². The number of esters is 1. The zero-order chi connectivity index (χ0) is 22.8. The molecule has 2 heterocycles. The predicted molar refractivity (Wildman–Crippen MR) is 128 cm³/mol. The van der Waals surface area contributed by atoms with Crippen molar-refractivity contribution in [3.63, 3.8) is 0 Å². The van der Waals surface area contributed by atoms with Crippen LogP contribution in [0.4, 0.5) is 0 Å². The van der Waals surface area contributed by atoms with Crippen LogP contribution in [0.25, 0.3) is 0 Å². The highest BCUT2D eigenvalue weighted by Crippen LogP contribution is 2.46. The van der Waals surface area contributed by atoms with Gasteiger partial charge in [0.1, 0.15) is 0 Å². The second-order valence-electron chi connectivity index (χ2n) is 8.19. The molecule has 0 radical (unpaired) electrons. The first-order valence-electron chi connectivity index (χ1n) is 10.2. The van der Waals surface area contributed by atoms with Crippen LogP contribution in [0, 0.1) is 16.4 Å². The number of fused-ring (bicyclic) bond motifs is 2. The number of halogens is 1. The maximum Gasteiger partial charge on any atom is 0.310 e. The van der Waals surface area contributed by atoms with Crippen molar-refractivity contribution in [1.29, 1.82) is 0 Å². The van der Waals surface area contributed by atoms with Gasteiger partial charge < -0.3 is 4.74 Å². The number of ether oxygens (including phenoxy) is 1. The van der Waals surface area contributed by atoms with E-state index in [1.807, 2.05) is 6.92 Å². The van der Waals surface area contributed by atoms with E-state index in [2.05, 4.69) is 58.8 Å². The van der Waals surface area contributed by atoms with E-state index in [1.54, 1.807) is 12.1 Å². The Morgan fingerprint density at radius 1 is 1.10 bits per heavy atom. The van der Waals surface area contributed by atoms with Gasteiger partial charge in [-0.1, -0.05) is 29.8 Å². The third-order valence-electron chi connectivity index (χ3n) is 6.36. The van der Waals surface area contributed by atoms with Gasteiger partial charge in [-0.05, 0) is 85.7 Å². The SMILES string of the molecule is COC(=O)[C@@H]1[C@H]2CC[C@@H](C[C@H]1c1ccc(I)cc1)N2C.Cc1ccc(S(=O)(=O)O)cc1. The van der Waals surface area contributed by atoms with Gasteiger partial charge in [0.25, 0.3) is 10.1 Å². The standard InChI is InChI=1S/C16H20INO2.C7H8O3S/c1-18-12-7-8-14(18)15(16(19)20-2)13(9-12)10-3-5-11(17)6-4-10;1-6-2-4-7(5-3-6)11(8,9)10/h3-6,12-15H,7-9H2,1-2H3;2-5H,1H3,(H,8,9,10)/t12-,13-,14+,15-;/m0./s1. The molecule has 1 N–H and O–H groups in total. The number of hydrogen-bond donors (Lipinski definition) is 1. The summed E-state index contributed by atoms with van der Waals surface area (Å²) in [5.41, 5.74) is 2.24. The van der Waals surface area contributed by atoms with Crippen molar-refractivity contribution in [3.05, 3.63) is 63.2 Å². The number of carbonyl (C=O) groups excluding carboxylic acids is 1. The average Bonchev–Trinajstić information content (AvgIpc) is 2.96. The molecule has 4 atom stereocenters. The van der Waals surface area contributed by atoms with Gasteiger partial charge in [0.15, 0.2) is 0 Å². The van der Waals surface area contributed by atoms with Crippen LogP contribution in [0.15, 0.2) is 53.4 Å². The van der Waals surface area contributed by atoms with Gasteiger partial charge in [-0.25, -0.2) is 0 Å². The molecule has 0 amide bonds. The van der Waals surface area contributed by atoms with Crippen LogP contribution in [0.1, 0.15) is 36.3 Å². The first-order valence-corrected chi connectivity index (χ1v) is 12.7. The molecule has 2 aromatic rings. The van der Waals surface area contributed by atoms with E-state index in [4.69, 9.17) is 9.29 Å². The molecule has 2 aliphatic heterocycles. The van der Waals surface area contributed by atoms with Crippen LogP contribution in [0.3, 0.4) is 0 Å². The van der Waals surface area contributed by atoms with Crippen molar-refractivity contribution < 1.29 is 22.5 Å². The molecule has 8 heteroatoms. The number of carbonyl (C=O) groups is 1. The van der Waals surface area contributed by atoms with Crippen LogP contribution in [-0.2, 0) is 19.6 Å². The number of methoxy groups -OCH3 is 1. The molecular weight excluding hydrogens is 529 g/mol. The molecule has 2 aliphatic rings. The lowest BCUT2D eigenvalue weighted by molar-refractivity contribution is -0.150. The molecule has 0 aliphatic carbocycles. The number of hydrogen-bond acceptors (Lipinski definition) is 5. The van der Waals surface area contributed by atoms with E-state index >= 15 is 0 Å². The molecule has 168 valence electrons. The van der Waals surface area contributed by atoms with Gasteiger partial charge in [-0.3, -0.25) is 14.2 Å². The smallest absolute Gasteiger partial charge is 0.310 e. The van der Waals surface area contributed by atoms with Crippen LogP contribution < -0.4 is 0 Å². The first kappa shape index (κ1) is 24.2. The summed E-state index contributed by atoms with van der Waals surface area (Å²) in [6.07, 6.45) is 3.38. The molecule has 0 aromatic heterocycles. The van der Waals surface area contributed by atoms with E-state index in [-0.39, 0.29) is 16.8 Å². The average molecular weight is 557 g/mol. The Labute approximate surface area is 197 Å². The summed E-state index contributed by atoms with van der Waals surface area (Å²) in [6, 6.07) is 15.5. The Morgan fingerprint density at radius 2 is 1.71 bits per heavy atom. The van der Waals surface area contributed by atoms with Crippen molar-refractivity contribution in [1.82, 2.24) is 4.90 Å². The summed E-state index contributed by atoms with van der Waals surface area (Å²) in [5, 5.41) is 0. The molecule has 4 rings (SSSR count). The third-order valence-corrected chi connectivity index (χ3v) is 7.95. The van der Waals surface area contributed by atoms with Gasteiger partial charge >= 0.3 is 5.97 Å². The lowest BCUT2D eigenvalue weighted by Crippen LogP contribution is -2.49. The highest BCUT2D eigenvalue weighted by molar-refractivity contribution is 14.1. The molecule has 31 heavy (non-hydrogen) atoms. The lowest BCUT2D eigenvalue weighted by atomic mass is 9.76. The van der Waals surface area contributed by atoms with Gasteiger partial charge in [-0.15, -0.1) is 0 Å². The topological polar surface area (TPSA) is 83.9 Å². The van der Waals surface area contributed by atoms with Crippen molar-refractivity contribution in [2.24, 2.45) is 5.92 Å². The Bertz CT molecular complexity index is 1010. The molecule has 0 unspecified atom stereocenters. The zero-order valence-corrected chi connectivity index (χ0v) is 20.8. The zero-order valence-electron chi connectivity index (χ0n) is 17.9. The maximum atomic E-state index is 12.3. The Balaban J connectivity index is 0.000000210. The van der Waals surface area contributed by atoms with Crippen molar-refractivity contribution >= 4 is 38.7 Å². The fourth-order valence-electron chi connectivity index (χ4n) is 4.69. The summed E-state index contributed by atoms with van der Waals surface area (Å²) in [5.74, 6) is 0.225. The minimum absolute atomic E-state index is 0.0242. The summed E-state index contributed by atoms with van der Waals surface area (Å²) >= 11 is 2.32. The Hall–Kier alpha value is -1.49. The van der Waals surface area contributed by atoms with Gasteiger partial charge in [-0.2, -0.15) is 8.42 Å². The lowest BCUT2D eigenvalue weighted by Gasteiger charge is -2.41. The van der Waals surface area contributed by atoms with E-state index in [1.165, 1.54) is 34.8 Å². The van der Waals surface area contributed by atoms with Crippen LogP contribution >= 0.6 is 22.6 Å². The highest BCUT2D eigenvalue weighted by Gasteiger charge is 2.49. The molecular formula is C23H28INO5S. The number of nitrogens with zero attached hydrogens (tertiary/aromatic N) is 1. The maximum absolute atomic E-state index is 12.3. The molecule has 6 nitrogen and oxygen atoms in total. The highest BCUT2D eigenvalue weighted by atomic mass is 127. The fraction of sp³-hybridized carbons (Fsp3) is 0.435. The number of rotatable bonds is 3. The third kappa shape index (κ3) is 5.66. The number of aryl methyl sites for hydroxylation is 1. The first-order chi connectivity index (χ1) is 14.6. The Kier molecular flexibility index (Phi) is 7.77. The summed E-state index contributed by atoms with van der Waals surface area (Å²) in [4.78, 5) is 14.6. The number of benzene rings is 2. The summed E-state index contributed by atoms with van der Waals surface area (Å²) < 4.78 is 35.9. The van der Waals surface area contributed by atoms with Crippen molar-refractivity contribution in [2.45, 2.75) is 49.1 Å². The second kappa shape index (κ2) is 9.97. The Morgan fingerprint density at radius 3 is 2.26 bits per heavy atom. The summed E-state index contributed by atoms with van der Waals surface area (Å²) in [7, 11) is -0.356. The van der Waals surface area contributed by atoms with E-state index in [0.29, 0.717) is 18.0 Å². The fourth-order valence-corrected chi connectivity index (χ4v) is 5.53. The second-order valence-corrected chi connectivity index (χ2v) is 10.9. The van der Waals surface area contributed by atoms with Crippen LogP contribution in [0.5, 0.6) is 0 Å². The molecule has 0 spiro atoms. The van der Waals surface area contributed by atoms with E-state index in [0.717, 1.165) is 18.4 Å². The quantitative estimate of drug-likeness (QED) is 0.345. The largest absolute Gasteiger partial charge is 0.469 e.